The molecule has 1 atom stereocenters. The lowest BCUT2D eigenvalue weighted by atomic mass is 9.73. The van der Waals surface area contributed by atoms with Gasteiger partial charge in [0.1, 0.15) is 5.82 Å². The van der Waals surface area contributed by atoms with Crippen molar-refractivity contribution >= 4 is 17.6 Å². The molecule has 0 aromatic carbocycles. The van der Waals surface area contributed by atoms with Crippen LogP contribution in [0.25, 0.3) is 5.78 Å². The minimum Gasteiger partial charge on any atom is -0.477 e. The van der Waals surface area contributed by atoms with Crippen molar-refractivity contribution in [1.82, 2.24) is 14.4 Å². The highest BCUT2D eigenvalue weighted by atomic mass is 16.4. The average molecular weight is 302 g/mol. The number of rotatable bonds is 3. The Hall–Kier alpha value is -2.15. The largest absolute Gasteiger partial charge is 0.477 e. The highest BCUT2D eigenvalue weighted by Gasteiger charge is 2.49. The van der Waals surface area contributed by atoms with Crippen molar-refractivity contribution in [3.63, 3.8) is 0 Å². The van der Waals surface area contributed by atoms with E-state index in [4.69, 9.17) is 5.11 Å². The van der Waals surface area contributed by atoms with Gasteiger partial charge < -0.3 is 15.1 Å². The van der Waals surface area contributed by atoms with Crippen molar-refractivity contribution in [2.75, 3.05) is 18.1 Å². The highest BCUT2D eigenvalue weighted by Crippen LogP contribution is 2.48. The van der Waals surface area contributed by atoms with Crippen molar-refractivity contribution in [3.05, 3.63) is 24.2 Å². The lowest BCUT2D eigenvalue weighted by Crippen LogP contribution is -2.49. The zero-order chi connectivity index (χ0) is 15.3. The number of fused-ring (bicyclic) bond motifs is 1. The molecular formula is C15H18N4O3. The molecule has 1 unspecified atom stereocenters. The van der Waals surface area contributed by atoms with Crippen molar-refractivity contribution in [3.8, 4) is 0 Å². The number of anilines is 1. The Bertz CT molecular complexity index is 737. The van der Waals surface area contributed by atoms with Crippen molar-refractivity contribution in [2.24, 2.45) is 5.92 Å². The minimum atomic E-state index is -1.01. The third-order valence-electron chi connectivity index (χ3n) is 5.08. The molecule has 4 rings (SSSR count). The minimum absolute atomic E-state index is 0.113. The summed E-state index contributed by atoms with van der Waals surface area (Å²) in [5.74, 6) is 0.495. The van der Waals surface area contributed by atoms with Gasteiger partial charge in [-0.2, -0.15) is 4.98 Å². The normalized spacial score (nSPS) is 23.1. The molecule has 1 spiro atoms. The Balaban J connectivity index is 1.73. The van der Waals surface area contributed by atoms with Gasteiger partial charge in [0.2, 0.25) is 5.78 Å². The molecule has 0 amide bonds. The first-order valence-corrected chi connectivity index (χ1v) is 7.59. The summed E-state index contributed by atoms with van der Waals surface area (Å²) in [7, 11) is 0. The molecule has 1 aliphatic carbocycles. The van der Waals surface area contributed by atoms with Gasteiger partial charge in [0, 0.05) is 30.8 Å². The summed E-state index contributed by atoms with van der Waals surface area (Å²) in [6.07, 6.45) is 7.52. The van der Waals surface area contributed by atoms with Crippen LogP contribution in [-0.4, -0.2) is 49.2 Å². The predicted octanol–water partition coefficient (Wildman–Crippen LogP) is 1.17. The molecule has 2 aromatic rings. The number of hydrogen-bond donors (Lipinski definition) is 2. The maximum Gasteiger partial charge on any atom is 0.354 e. The number of carboxylic acid groups (broad SMARTS) is 1. The van der Waals surface area contributed by atoms with Crippen LogP contribution in [0.4, 0.5) is 5.82 Å². The van der Waals surface area contributed by atoms with Crippen molar-refractivity contribution < 1.29 is 15.0 Å². The van der Waals surface area contributed by atoms with Gasteiger partial charge in [-0.1, -0.05) is 0 Å². The van der Waals surface area contributed by atoms with E-state index in [0.29, 0.717) is 5.78 Å². The number of nitrogens with zero attached hydrogens (tertiary/aromatic N) is 4. The van der Waals surface area contributed by atoms with Crippen LogP contribution in [0.3, 0.4) is 0 Å². The molecular weight excluding hydrogens is 284 g/mol. The summed E-state index contributed by atoms with van der Waals surface area (Å²) < 4.78 is 1.48. The van der Waals surface area contributed by atoms with E-state index in [1.165, 1.54) is 17.0 Å². The van der Waals surface area contributed by atoms with Gasteiger partial charge in [0.25, 0.3) is 0 Å². The van der Waals surface area contributed by atoms with E-state index < -0.39 is 5.97 Å². The molecule has 7 nitrogen and oxygen atoms in total. The molecule has 1 saturated heterocycles. The fourth-order valence-electron chi connectivity index (χ4n) is 3.85. The topological polar surface area (TPSA) is 91.0 Å². The fourth-order valence-corrected chi connectivity index (χ4v) is 3.85. The van der Waals surface area contributed by atoms with E-state index in [9.17, 15) is 9.90 Å². The fraction of sp³-hybridized carbons (Fsp3) is 0.533. The van der Waals surface area contributed by atoms with Gasteiger partial charge in [-0.15, -0.1) is 0 Å². The van der Waals surface area contributed by atoms with Crippen LogP contribution in [-0.2, 0) is 0 Å². The molecule has 116 valence electrons. The van der Waals surface area contributed by atoms with Gasteiger partial charge >= 0.3 is 5.97 Å². The van der Waals surface area contributed by atoms with Crippen molar-refractivity contribution in [2.45, 2.75) is 31.2 Å². The third-order valence-corrected chi connectivity index (χ3v) is 5.08. The summed E-state index contributed by atoms with van der Waals surface area (Å²) in [6, 6.07) is 1.85. The lowest BCUT2D eigenvalue weighted by molar-refractivity contribution is 0.0689. The Morgan fingerprint density at radius 3 is 2.91 bits per heavy atom. The number of carboxylic acids is 1. The van der Waals surface area contributed by atoms with E-state index in [0.717, 1.165) is 31.6 Å². The molecule has 2 fully saturated rings. The summed E-state index contributed by atoms with van der Waals surface area (Å²) in [5.41, 5.74) is 0.239. The van der Waals surface area contributed by atoms with Crippen LogP contribution in [0.1, 0.15) is 36.2 Å². The molecule has 0 bridgehead atoms. The first-order chi connectivity index (χ1) is 10.6. The maximum absolute atomic E-state index is 11.1. The van der Waals surface area contributed by atoms with Gasteiger partial charge in [-0.3, -0.25) is 4.40 Å². The van der Waals surface area contributed by atoms with Gasteiger partial charge in [0.05, 0.1) is 6.20 Å². The molecule has 3 heterocycles. The summed E-state index contributed by atoms with van der Waals surface area (Å²) in [5, 5.41) is 18.6. The van der Waals surface area contributed by atoms with Crippen LogP contribution in [0.5, 0.6) is 0 Å². The van der Waals surface area contributed by atoms with Crippen LogP contribution >= 0.6 is 0 Å². The van der Waals surface area contributed by atoms with Crippen LogP contribution in [0, 0.1) is 5.92 Å². The molecule has 2 N–H and O–H groups in total. The summed E-state index contributed by atoms with van der Waals surface area (Å²) in [4.78, 5) is 22.1. The molecule has 2 aromatic heterocycles. The number of carbonyl (C=O) groups is 1. The first-order valence-electron chi connectivity index (χ1n) is 7.59. The first kappa shape index (κ1) is 13.5. The van der Waals surface area contributed by atoms with Crippen molar-refractivity contribution in [1.29, 1.82) is 0 Å². The lowest BCUT2D eigenvalue weighted by Gasteiger charge is -2.46. The highest BCUT2D eigenvalue weighted by molar-refractivity contribution is 5.86. The molecule has 7 heteroatoms. The maximum atomic E-state index is 11.1. The Labute approximate surface area is 127 Å². The second kappa shape index (κ2) is 4.67. The molecule has 0 radical (unpaired) electrons. The standard InChI is InChI=1S/C15H18N4O3/c20-9-10-6-15(3-1-4-15)19(8-10)12-2-5-18-11(13(21)22)7-16-14(18)17-12/h2,5,7,10,20H,1,3-4,6,8-9H2,(H,21,22). The number of aromatic nitrogens is 3. The Kier molecular flexibility index (Phi) is 2.87. The van der Waals surface area contributed by atoms with Crippen LogP contribution < -0.4 is 4.90 Å². The summed E-state index contributed by atoms with van der Waals surface area (Å²) in [6.45, 7) is 0.999. The third kappa shape index (κ3) is 1.81. The zero-order valence-corrected chi connectivity index (χ0v) is 12.1. The van der Waals surface area contributed by atoms with Gasteiger partial charge in [0.15, 0.2) is 5.69 Å². The number of aliphatic hydroxyl groups excluding tert-OH is 1. The van der Waals surface area contributed by atoms with Crippen LogP contribution in [0.2, 0.25) is 0 Å². The Morgan fingerprint density at radius 2 is 2.27 bits per heavy atom. The quantitative estimate of drug-likeness (QED) is 0.884. The van der Waals surface area contributed by atoms with Gasteiger partial charge in [-0.05, 0) is 31.7 Å². The summed E-state index contributed by atoms with van der Waals surface area (Å²) >= 11 is 0. The smallest absolute Gasteiger partial charge is 0.354 e. The van der Waals surface area contributed by atoms with E-state index >= 15 is 0 Å². The molecule has 22 heavy (non-hydrogen) atoms. The van der Waals surface area contributed by atoms with E-state index in [2.05, 4.69) is 14.9 Å². The molecule has 1 aliphatic heterocycles. The van der Waals surface area contributed by atoms with Gasteiger partial charge in [-0.25, -0.2) is 9.78 Å². The SMILES string of the molecule is O=C(O)c1cnc2nc(N3CC(CO)CC34CCC4)ccn12. The van der Waals surface area contributed by atoms with E-state index in [1.807, 2.05) is 6.07 Å². The zero-order valence-electron chi connectivity index (χ0n) is 12.1. The molecule has 1 saturated carbocycles. The number of imidazole rings is 1. The van der Waals surface area contributed by atoms with Crippen LogP contribution in [0.15, 0.2) is 18.5 Å². The predicted molar refractivity (Wildman–Crippen MR) is 79.1 cm³/mol. The number of aliphatic hydroxyl groups is 1. The number of hydrogen-bond acceptors (Lipinski definition) is 5. The average Bonchev–Trinajstić information content (AvgIpc) is 3.07. The second-order valence-corrected chi connectivity index (χ2v) is 6.35. The monoisotopic (exact) mass is 302 g/mol. The molecule has 2 aliphatic rings. The van der Waals surface area contributed by atoms with E-state index in [-0.39, 0.29) is 23.8 Å². The Morgan fingerprint density at radius 1 is 1.45 bits per heavy atom. The second-order valence-electron chi connectivity index (χ2n) is 6.35. The van der Waals surface area contributed by atoms with E-state index in [1.54, 1.807) is 6.20 Å². The number of aromatic carboxylic acids is 1.